The summed E-state index contributed by atoms with van der Waals surface area (Å²) in [5.41, 5.74) is 2.03. The molecule has 1 fully saturated rings. The van der Waals surface area contributed by atoms with Gasteiger partial charge >= 0.3 is 7.12 Å². The van der Waals surface area contributed by atoms with Crippen LogP contribution in [0.4, 0.5) is 0 Å². The molecule has 1 saturated heterocycles. The van der Waals surface area contributed by atoms with Crippen molar-refractivity contribution in [3.05, 3.63) is 54.6 Å². The van der Waals surface area contributed by atoms with Crippen molar-refractivity contribution in [1.82, 2.24) is 0 Å². The van der Waals surface area contributed by atoms with Gasteiger partial charge in [0.2, 0.25) is 0 Å². The molecule has 3 aromatic carbocycles. The molecule has 0 aliphatic carbocycles. The predicted molar refractivity (Wildman–Crippen MR) is 107 cm³/mol. The average molecular weight is 344 g/mol. The lowest BCUT2D eigenvalue weighted by molar-refractivity contribution is 0.00578. The molecule has 0 bridgehead atoms. The SMILES string of the molecule is CC1(C)OB(c2cccc3oc4ccc5ccccc5c4c23)OC1(C)C. The Bertz CT molecular complexity index is 1140. The summed E-state index contributed by atoms with van der Waals surface area (Å²) in [5.74, 6) is 0. The Balaban J connectivity index is 1.83. The van der Waals surface area contributed by atoms with Gasteiger partial charge in [-0.1, -0.05) is 42.5 Å². The lowest BCUT2D eigenvalue weighted by Crippen LogP contribution is -2.41. The number of hydrogen-bond donors (Lipinski definition) is 0. The molecule has 5 rings (SSSR count). The van der Waals surface area contributed by atoms with Crippen LogP contribution in [0, 0.1) is 0 Å². The van der Waals surface area contributed by atoms with Gasteiger partial charge in [-0.15, -0.1) is 0 Å². The normalized spacial score (nSPS) is 19.0. The molecule has 1 aliphatic heterocycles. The minimum Gasteiger partial charge on any atom is -0.456 e. The van der Waals surface area contributed by atoms with E-state index in [2.05, 4.69) is 64.1 Å². The van der Waals surface area contributed by atoms with Gasteiger partial charge in [-0.05, 0) is 56.1 Å². The molecule has 1 aromatic heterocycles. The molecule has 4 aromatic rings. The lowest BCUT2D eigenvalue weighted by Gasteiger charge is -2.32. The van der Waals surface area contributed by atoms with Gasteiger partial charge in [0.25, 0.3) is 0 Å². The Hall–Kier alpha value is -2.30. The van der Waals surface area contributed by atoms with Gasteiger partial charge in [-0.3, -0.25) is 0 Å². The molecule has 26 heavy (non-hydrogen) atoms. The predicted octanol–water partition coefficient (Wildman–Crippen LogP) is 5.04. The quantitative estimate of drug-likeness (QED) is 0.454. The fraction of sp³-hybridized carbons (Fsp3) is 0.273. The molecule has 0 unspecified atom stereocenters. The molecule has 0 saturated carbocycles. The minimum atomic E-state index is -0.413. The van der Waals surface area contributed by atoms with E-state index in [1.54, 1.807) is 0 Å². The molecule has 3 nitrogen and oxygen atoms in total. The van der Waals surface area contributed by atoms with Gasteiger partial charge in [0.05, 0.1) is 11.2 Å². The summed E-state index contributed by atoms with van der Waals surface area (Å²) >= 11 is 0. The maximum absolute atomic E-state index is 6.32. The molecule has 130 valence electrons. The summed E-state index contributed by atoms with van der Waals surface area (Å²) in [6.45, 7) is 8.32. The largest absolute Gasteiger partial charge is 0.495 e. The third kappa shape index (κ3) is 2.09. The van der Waals surface area contributed by atoms with Crippen LogP contribution in [0.5, 0.6) is 0 Å². The maximum atomic E-state index is 6.32. The van der Waals surface area contributed by atoms with E-state index in [9.17, 15) is 0 Å². The Labute approximate surface area is 153 Å². The van der Waals surface area contributed by atoms with Crippen LogP contribution >= 0.6 is 0 Å². The van der Waals surface area contributed by atoms with E-state index in [-0.39, 0.29) is 11.2 Å². The molecule has 4 heteroatoms. The van der Waals surface area contributed by atoms with Gasteiger partial charge in [0, 0.05) is 10.8 Å². The van der Waals surface area contributed by atoms with Crippen LogP contribution in [-0.4, -0.2) is 18.3 Å². The molecule has 0 atom stereocenters. The van der Waals surface area contributed by atoms with Gasteiger partial charge in [-0.25, -0.2) is 0 Å². The zero-order chi connectivity index (χ0) is 18.1. The van der Waals surface area contributed by atoms with E-state index in [1.165, 1.54) is 10.8 Å². The van der Waals surface area contributed by atoms with E-state index in [1.807, 2.05) is 18.2 Å². The van der Waals surface area contributed by atoms with E-state index in [0.717, 1.165) is 27.4 Å². The molecular formula is C22H21BO3. The van der Waals surface area contributed by atoms with E-state index in [4.69, 9.17) is 13.7 Å². The van der Waals surface area contributed by atoms with Crippen LogP contribution in [0.3, 0.4) is 0 Å². The summed E-state index contributed by atoms with van der Waals surface area (Å²) in [4.78, 5) is 0. The van der Waals surface area contributed by atoms with Crippen molar-refractivity contribution in [1.29, 1.82) is 0 Å². The monoisotopic (exact) mass is 344 g/mol. The van der Waals surface area contributed by atoms with Crippen molar-refractivity contribution >= 4 is 45.3 Å². The summed E-state index contributed by atoms with van der Waals surface area (Å²) in [7, 11) is -0.413. The summed E-state index contributed by atoms with van der Waals surface area (Å²) in [6, 6.07) is 18.7. The van der Waals surface area contributed by atoms with Gasteiger partial charge in [-0.2, -0.15) is 0 Å². The standard InChI is InChI=1S/C22H21BO3/c1-21(2)22(3,4)26-23(25-21)16-10-7-11-17-20(16)19-15-9-6-5-8-14(15)12-13-18(19)24-17/h5-13H,1-4H3. The zero-order valence-corrected chi connectivity index (χ0v) is 15.5. The van der Waals surface area contributed by atoms with E-state index in [0.29, 0.717) is 0 Å². The average Bonchev–Trinajstić information content (AvgIpc) is 3.09. The van der Waals surface area contributed by atoms with Gasteiger partial charge in [0.1, 0.15) is 11.2 Å². The maximum Gasteiger partial charge on any atom is 0.495 e. The first kappa shape index (κ1) is 15.9. The first-order chi connectivity index (χ1) is 12.4. The minimum absolute atomic E-state index is 0.374. The number of fused-ring (bicyclic) bond motifs is 5. The van der Waals surface area contributed by atoms with Crippen LogP contribution in [0.25, 0.3) is 32.7 Å². The Morgan fingerprint density at radius 3 is 2.15 bits per heavy atom. The number of benzene rings is 3. The Morgan fingerprint density at radius 1 is 0.692 bits per heavy atom. The Kier molecular flexibility index (Phi) is 3.14. The van der Waals surface area contributed by atoms with Crippen molar-refractivity contribution in [2.75, 3.05) is 0 Å². The van der Waals surface area contributed by atoms with Gasteiger partial charge < -0.3 is 13.7 Å². The molecule has 1 aliphatic rings. The van der Waals surface area contributed by atoms with Crippen molar-refractivity contribution in [3.8, 4) is 0 Å². The highest BCUT2D eigenvalue weighted by atomic mass is 16.7. The van der Waals surface area contributed by atoms with Crippen molar-refractivity contribution in [2.45, 2.75) is 38.9 Å². The first-order valence-electron chi connectivity index (χ1n) is 9.06. The van der Waals surface area contributed by atoms with Crippen LogP contribution in [0.15, 0.2) is 59.0 Å². The van der Waals surface area contributed by atoms with E-state index >= 15 is 0 Å². The highest BCUT2D eigenvalue weighted by Crippen LogP contribution is 2.39. The van der Waals surface area contributed by atoms with Crippen LogP contribution in [-0.2, 0) is 9.31 Å². The molecular weight excluding hydrogens is 323 g/mol. The van der Waals surface area contributed by atoms with Crippen LogP contribution in [0.2, 0.25) is 0 Å². The third-order valence-electron chi connectivity index (χ3n) is 5.93. The summed E-state index contributed by atoms with van der Waals surface area (Å²) < 4.78 is 18.8. The second-order valence-corrected chi connectivity index (χ2v) is 8.07. The second-order valence-electron chi connectivity index (χ2n) is 8.07. The second kappa shape index (κ2) is 5.12. The third-order valence-corrected chi connectivity index (χ3v) is 5.93. The molecule has 0 amide bonds. The fourth-order valence-electron chi connectivity index (χ4n) is 3.78. The topological polar surface area (TPSA) is 31.6 Å². The van der Waals surface area contributed by atoms with Crippen molar-refractivity contribution < 1.29 is 13.7 Å². The number of hydrogen-bond acceptors (Lipinski definition) is 3. The summed E-state index contributed by atoms with van der Waals surface area (Å²) in [5, 5.41) is 4.60. The van der Waals surface area contributed by atoms with E-state index < -0.39 is 7.12 Å². The molecule has 0 radical (unpaired) electrons. The highest BCUT2D eigenvalue weighted by Gasteiger charge is 2.52. The Morgan fingerprint density at radius 2 is 1.38 bits per heavy atom. The summed E-state index contributed by atoms with van der Waals surface area (Å²) in [6.07, 6.45) is 0. The first-order valence-corrected chi connectivity index (χ1v) is 9.06. The lowest BCUT2D eigenvalue weighted by atomic mass is 9.76. The van der Waals surface area contributed by atoms with Crippen LogP contribution in [0.1, 0.15) is 27.7 Å². The highest BCUT2D eigenvalue weighted by molar-refractivity contribution is 6.66. The van der Waals surface area contributed by atoms with Crippen molar-refractivity contribution in [2.24, 2.45) is 0 Å². The van der Waals surface area contributed by atoms with Gasteiger partial charge in [0.15, 0.2) is 0 Å². The van der Waals surface area contributed by atoms with Crippen LogP contribution < -0.4 is 5.46 Å². The smallest absolute Gasteiger partial charge is 0.456 e. The number of rotatable bonds is 1. The van der Waals surface area contributed by atoms with Crippen molar-refractivity contribution in [3.63, 3.8) is 0 Å². The molecule has 0 N–H and O–H groups in total. The zero-order valence-electron chi connectivity index (χ0n) is 15.5. The molecule has 0 spiro atoms. The fourth-order valence-corrected chi connectivity index (χ4v) is 3.78. The number of furan rings is 1. The molecule has 2 heterocycles.